The van der Waals surface area contributed by atoms with E-state index in [0.29, 0.717) is 0 Å². The molecule has 1 saturated carbocycles. The number of hydrogen-bond donors (Lipinski definition) is 2. The van der Waals surface area contributed by atoms with Crippen LogP contribution in [0, 0.1) is 5.92 Å². The van der Waals surface area contributed by atoms with E-state index in [1.165, 1.54) is 12.1 Å². The number of nitrogens with zero attached hydrogens (tertiary/aromatic N) is 1. The fourth-order valence-corrected chi connectivity index (χ4v) is 1.63. The number of nitrogens with one attached hydrogen (secondary N) is 1. The Balaban J connectivity index is 1.92. The molecule has 2 rings (SSSR count). The van der Waals surface area contributed by atoms with E-state index in [-0.39, 0.29) is 0 Å². The Morgan fingerprint density at radius 3 is 3.27 bits per heavy atom. The first-order chi connectivity index (χ1) is 5.42. The predicted octanol–water partition coefficient (Wildman–Crippen LogP) is 0.862. The van der Waals surface area contributed by atoms with Crippen molar-refractivity contribution in [3.8, 4) is 0 Å². The predicted molar refractivity (Wildman–Crippen MR) is 43.1 cm³/mol. The second kappa shape index (κ2) is 2.66. The van der Waals surface area contributed by atoms with E-state index in [4.69, 9.17) is 5.73 Å². The highest BCUT2D eigenvalue weighted by molar-refractivity contribution is 5.14. The van der Waals surface area contributed by atoms with Crippen molar-refractivity contribution in [1.29, 1.82) is 0 Å². The summed E-state index contributed by atoms with van der Waals surface area (Å²) >= 11 is 0. The molecule has 60 valence electrons. The van der Waals surface area contributed by atoms with Gasteiger partial charge in [-0.25, -0.2) is 4.98 Å². The van der Waals surface area contributed by atoms with Gasteiger partial charge in [0.1, 0.15) is 0 Å². The molecule has 3 heteroatoms. The molecule has 0 aliphatic heterocycles. The van der Waals surface area contributed by atoms with Crippen molar-refractivity contribution < 1.29 is 0 Å². The number of aromatic nitrogens is 2. The molecule has 1 fully saturated rings. The van der Waals surface area contributed by atoms with Gasteiger partial charge in [0.15, 0.2) is 0 Å². The minimum atomic E-state index is 0.723. The van der Waals surface area contributed by atoms with Crippen molar-refractivity contribution in [2.75, 3.05) is 6.54 Å². The van der Waals surface area contributed by atoms with E-state index >= 15 is 0 Å². The van der Waals surface area contributed by atoms with E-state index < -0.39 is 0 Å². The molecule has 1 aliphatic carbocycles. The summed E-state index contributed by atoms with van der Waals surface area (Å²) in [5.41, 5.74) is 6.74. The molecule has 0 aromatic carbocycles. The van der Waals surface area contributed by atoms with E-state index in [1.807, 2.05) is 6.20 Å². The van der Waals surface area contributed by atoms with Gasteiger partial charge in [-0.3, -0.25) is 0 Å². The number of H-pyrrole nitrogens is 1. The third-order valence-electron chi connectivity index (χ3n) is 2.38. The average molecular weight is 151 g/mol. The van der Waals surface area contributed by atoms with Gasteiger partial charge in [0.05, 0.1) is 6.33 Å². The van der Waals surface area contributed by atoms with Crippen LogP contribution in [0.5, 0.6) is 0 Å². The Kier molecular flexibility index (Phi) is 1.66. The lowest BCUT2D eigenvalue weighted by Gasteiger charge is -1.93. The molecule has 0 unspecified atom stereocenters. The summed E-state index contributed by atoms with van der Waals surface area (Å²) in [6.07, 6.45) is 6.11. The van der Waals surface area contributed by atoms with E-state index in [0.717, 1.165) is 24.8 Å². The van der Waals surface area contributed by atoms with Crippen molar-refractivity contribution in [1.82, 2.24) is 9.97 Å². The first-order valence-electron chi connectivity index (χ1n) is 4.10. The normalized spacial score (nSPS) is 28.8. The summed E-state index contributed by atoms with van der Waals surface area (Å²) in [4.78, 5) is 7.13. The topological polar surface area (TPSA) is 54.7 Å². The number of aromatic amines is 1. The third kappa shape index (κ3) is 1.28. The molecule has 0 radical (unpaired) electrons. The second-order valence-electron chi connectivity index (χ2n) is 3.19. The van der Waals surface area contributed by atoms with Crippen molar-refractivity contribution in [2.24, 2.45) is 11.7 Å². The molecule has 0 amide bonds. The zero-order valence-electron chi connectivity index (χ0n) is 6.46. The lowest BCUT2D eigenvalue weighted by atomic mass is 10.2. The van der Waals surface area contributed by atoms with Crippen LogP contribution in [-0.2, 0) is 0 Å². The first-order valence-corrected chi connectivity index (χ1v) is 4.10. The summed E-state index contributed by atoms with van der Waals surface area (Å²) in [7, 11) is 0. The van der Waals surface area contributed by atoms with Crippen LogP contribution < -0.4 is 5.73 Å². The molecule has 1 aromatic heterocycles. The maximum absolute atomic E-state index is 5.46. The van der Waals surface area contributed by atoms with Crippen LogP contribution in [0.1, 0.15) is 24.5 Å². The standard InChI is InChI=1S/C8H13N3/c9-2-1-6-3-7(6)8-4-10-5-11-8/h4-7H,1-3,9H2,(H,10,11)/t6-,7+/m0/s1. The molecule has 0 spiro atoms. The molecule has 0 bridgehead atoms. The highest BCUT2D eigenvalue weighted by Crippen LogP contribution is 2.48. The number of hydrogen-bond acceptors (Lipinski definition) is 2. The van der Waals surface area contributed by atoms with Gasteiger partial charge >= 0.3 is 0 Å². The Labute approximate surface area is 66.0 Å². The minimum Gasteiger partial charge on any atom is -0.348 e. The monoisotopic (exact) mass is 151 g/mol. The van der Waals surface area contributed by atoms with Crippen LogP contribution in [0.2, 0.25) is 0 Å². The van der Waals surface area contributed by atoms with Crippen LogP contribution in [0.4, 0.5) is 0 Å². The van der Waals surface area contributed by atoms with Crippen molar-refractivity contribution in [3.63, 3.8) is 0 Å². The van der Waals surface area contributed by atoms with Crippen LogP contribution in [0.25, 0.3) is 0 Å². The van der Waals surface area contributed by atoms with Gasteiger partial charge in [-0.1, -0.05) is 0 Å². The van der Waals surface area contributed by atoms with Crippen LogP contribution in [-0.4, -0.2) is 16.5 Å². The quantitative estimate of drug-likeness (QED) is 0.673. The van der Waals surface area contributed by atoms with Crippen molar-refractivity contribution in [3.05, 3.63) is 18.2 Å². The summed E-state index contributed by atoms with van der Waals surface area (Å²) in [6, 6.07) is 0. The zero-order valence-corrected chi connectivity index (χ0v) is 6.46. The summed E-state index contributed by atoms with van der Waals surface area (Å²) in [5.74, 6) is 1.54. The lowest BCUT2D eigenvalue weighted by molar-refractivity contribution is 0.710. The Bertz CT molecular complexity index is 217. The van der Waals surface area contributed by atoms with Crippen molar-refractivity contribution >= 4 is 0 Å². The van der Waals surface area contributed by atoms with Gasteiger partial charge in [0, 0.05) is 17.8 Å². The summed E-state index contributed by atoms with van der Waals surface area (Å²) in [6.45, 7) is 0.815. The highest BCUT2D eigenvalue weighted by atomic mass is 14.9. The SMILES string of the molecule is NCC[C@H]1C[C@H]1c1cnc[nH]1. The van der Waals surface area contributed by atoms with Crippen LogP contribution in [0.3, 0.4) is 0 Å². The lowest BCUT2D eigenvalue weighted by Crippen LogP contribution is -1.99. The first kappa shape index (κ1) is 6.85. The maximum atomic E-state index is 5.46. The van der Waals surface area contributed by atoms with E-state index in [9.17, 15) is 0 Å². The Hall–Kier alpha value is -0.830. The number of nitrogens with two attached hydrogens (primary N) is 1. The zero-order chi connectivity index (χ0) is 7.68. The van der Waals surface area contributed by atoms with Gasteiger partial charge in [-0.2, -0.15) is 0 Å². The summed E-state index contributed by atoms with van der Waals surface area (Å²) < 4.78 is 0. The van der Waals surface area contributed by atoms with Gasteiger partial charge in [0.2, 0.25) is 0 Å². The van der Waals surface area contributed by atoms with E-state index in [1.54, 1.807) is 6.33 Å². The number of rotatable bonds is 3. The molecule has 3 nitrogen and oxygen atoms in total. The number of imidazole rings is 1. The molecule has 0 saturated heterocycles. The van der Waals surface area contributed by atoms with Crippen molar-refractivity contribution in [2.45, 2.75) is 18.8 Å². The molecule has 11 heavy (non-hydrogen) atoms. The molecule has 1 heterocycles. The molecule has 1 aromatic rings. The average Bonchev–Trinajstić information content (AvgIpc) is 2.61. The maximum Gasteiger partial charge on any atom is 0.0921 e. The Morgan fingerprint density at radius 1 is 1.73 bits per heavy atom. The highest BCUT2D eigenvalue weighted by Gasteiger charge is 2.38. The Morgan fingerprint density at radius 2 is 2.64 bits per heavy atom. The van der Waals surface area contributed by atoms with Gasteiger partial charge in [-0.05, 0) is 25.3 Å². The smallest absolute Gasteiger partial charge is 0.0921 e. The third-order valence-corrected chi connectivity index (χ3v) is 2.38. The molecule has 1 aliphatic rings. The largest absolute Gasteiger partial charge is 0.348 e. The molecular formula is C8H13N3. The van der Waals surface area contributed by atoms with Gasteiger partial charge in [0.25, 0.3) is 0 Å². The van der Waals surface area contributed by atoms with Gasteiger partial charge in [-0.15, -0.1) is 0 Å². The fourth-order valence-electron chi connectivity index (χ4n) is 1.63. The molecule has 3 N–H and O–H groups in total. The van der Waals surface area contributed by atoms with Gasteiger partial charge < -0.3 is 10.7 Å². The van der Waals surface area contributed by atoms with E-state index in [2.05, 4.69) is 9.97 Å². The van der Waals surface area contributed by atoms with Crippen LogP contribution >= 0.6 is 0 Å². The summed E-state index contributed by atoms with van der Waals surface area (Å²) in [5, 5.41) is 0. The second-order valence-corrected chi connectivity index (χ2v) is 3.19. The molecule has 2 atom stereocenters. The molecular weight excluding hydrogens is 138 g/mol. The minimum absolute atomic E-state index is 0.723. The fraction of sp³-hybridized carbons (Fsp3) is 0.625. The van der Waals surface area contributed by atoms with Crippen LogP contribution in [0.15, 0.2) is 12.5 Å².